The van der Waals surface area contributed by atoms with E-state index < -0.39 is 6.10 Å². The summed E-state index contributed by atoms with van der Waals surface area (Å²) in [6.07, 6.45) is 1.07. The first-order chi connectivity index (χ1) is 9.61. The number of hydrogen-bond acceptors (Lipinski definition) is 3. The molecule has 0 saturated carbocycles. The Morgan fingerprint density at radius 3 is 2.65 bits per heavy atom. The molecule has 0 spiro atoms. The third-order valence-electron chi connectivity index (χ3n) is 3.26. The number of benzene rings is 1. The molecule has 0 aliphatic rings. The second kappa shape index (κ2) is 6.48. The molecule has 1 N–H and O–H groups in total. The third-order valence-corrected chi connectivity index (χ3v) is 3.26. The first-order valence-corrected chi connectivity index (χ1v) is 6.74. The van der Waals surface area contributed by atoms with Gasteiger partial charge in [-0.05, 0) is 43.7 Å². The number of rotatable bonds is 5. The van der Waals surface area contributed by atoms with Gasteiger partial charge in [0.2, 0.25) is 0 Å². The maximum atomic E-state index is 14.2. The number of aromatic nitrogens is 1. The maximum absolute atomic E-state index is 14.2. The fourth-order valence-corrected chi connectivity index (χ4v) is 2.09. The minimum atomic E-state index is -0.663. The number of nitrogens with zero attached hydrogens (tertiary/aromatic N) is 2. The molecule has 0 amide bonds. The smallest absolute Gasteiger partial charge is 0.146 e. The number of halogens is 1. The molecule has 1 aromatic carbocycles. The summed E-state index contributed by atoms with van der Waals surface area (Å²) in [4.78, 5) is 6.18. The van der Waals surface area contributed by atoms with Gasteiger partial charge in [-0.1, -0.05) is 12.1 Å². The van der Waals surface area contributed by atoms with Gasteiger partial charge in [-0.2, -0.15) is 0 Å². The zero-order valence-electron chi connectivity index (χ0n) is 11.8. The topological polar surface area (TPSA) is 36.4 Å². The van der Waals surface area contributed by atoms with Crippen LogP contribution in [0.3, 0.4) is 0 Å². The van der Waals surface area contributed by atoms with Crippen molar-refractivity contribution in [1.29, 1.82) is 0 Å². The molecule has 0 radical (unpaired) electrons. The fraction of sp³-hybridized carbons (Fsp3) is 0.312. The van der Waals surface area contributed by atoms with Crippen LogP contribution in [0.5, 0.6) is 0 Å². The van der Waals surface area contributed by atoms with Gasteiger partial charge >= 0.3 is 0 Å². The van der Waals surface area contributed by atoms with Gasteiger partial charge in [0, 0.05) is 12.7 Å². The highest BCUT2D eigenvalue weighted by Gasteiger charge is 2.13. The van der Waals surface area contributed by atoms with Crippen LogP contribution in [0.25, 0.3) is 0 Å². The van der Waals surface area contributed by atoms with Crippen molar-refractivity contribution in [2.75, 3.05) is 11.4 Å². The molecule has 3 nitrogen and oxygen atoms in total. The Labute approximate surface area is 118 Å². The molecule has 0 aliphatic heterocycles. The van der Waals surface area contributed by atoms with Crippen LogP contribution in [0.1, 0.15) is 31.2 Å². The van der Waals surface area contributed by atoms with Crippen molar-refractivity contribution in [3.63, 3.8) is 0 Å². The van der Waals surface area contributed by atoms with Gasteiger partial charge < -0.3 is 10.0 Å². The van der Waals surface area contributed by atoms with Crippen molar-refractivity contribution >= 4 is 5.69 Å². The molecule has 0 unspecified atom stereocenters. The van der Waals surface area contributed by atoms with E-state index in [1.165, 1.54) is 6.07 Å². The lowest BCUT2D eigenvalue weighted by Gasteiger charge is -2.23. The minimum absolute atomic E-state index is 0.318. The van der Waals surface area contributed by atoms with Crippen molar-refractivity contribution in [3.05, 3.63) is 59.7 Å². The van der Waals surface area contributed by atoms with Gasteiger partial charge in [-0.25, -0.2) is 4.39 Å². The van der Waals surface area contributed by atoms with Crippen LogP contribution in [0.4, 0.5) is 10.1 Å². The Bertz CT molecular complexity index is 558. The van der Waals surface area contributed by atoms with Gasteiger partial charge in [0.1, 0.15) is 5.82 Å². The van der Waals surface area contributed by atoms with Gasteiger partial charge in [0.25, 0.3) is 0 Å². The molecular weight excluding hydrogens is 255 g/mol. The number of anilines is 1. The molecule has 0 aliphatic carbocycles. The monoisotopic (exact) mass is 274 g/mol. The van der Waals surface area contributed by atoms with Crippen LogP contribution in [-0.4, -0.2) is 16.6 Å². The predicted octanol–water partition coefficient (Wildman–Crippen LogP) is 3.30. The van der Waals surface area contributed by atoms with E-state index in [9.17, 15) is 9.50 Å². The molecule has 0 saturated heterocycles. The van der Waals surface area contributed by atoms with E-state index in [0.29, 0.717) is 24.3 Å². The predicted molar refractivity (Wildman–Crippen MR) is 78.0 cm³/mol. The fourth-order valence-electron chi connectivity index (χ4n) is 2.09. The average Bonchev–Trinajstić information content (AvgIpc) is 2.46. The maximum Gasteiger partial charge on any atom is 0.146 e. The first-order valence-electron chi connectivity index (χ1n) is 6.74. The van der Waals surface area contributed by atoms with Gasteiger partial charge in [-0.15, -0.1) is 0 Å². The third kappa shape index (κ3) is 3.33. The molecule has 20 heavy (non-hydrogen) atoms. The summed E-state index contributed by atoms with van der Waals surface area (Å²) in [5, 5.41) is 9.48. The van der Waals surface area contributed by atoms with Gasteiger partial charge in [0.05, 0.1) is 24.0 Å². The van der Waals surface area contributed by atoms with Crippen molar-refractivity contribution in [2.45, 2.75) is 26.5 Å². The van der Waals surface area contributed by atoms with E-state index in [1.807, 2.05) is 30.0 Å². The lowest BCUT2D eigenvalue weighted by molar-refractivity contribution is 0.199. The SMILES string of the molecule is CCN(Cc1ccccn1)c1ccc([C@@H](C)O)cc1F. The van der Waals surface area contributed by atoms with Crippen LogP contribution >= 0.6 is 0 Å². The van der Waals surface area contributed by atoms with E-state index in [2.05, 4.69) is 4.98 Å². The quantitative estimate of drug-likeness (QED) is 0.908. The summed E-state index contributed by atoms with van der Waals surface area (Å²) in [6.45, 7) is 4.84. The number of pyridine rings is 1. The van der Waals surface area contributed by atoms with E-state index in [0.717, 1.165) is 5.69 Å². The molecule has 2 aromatic rings. The molecule has 1 atom stereocenters. The van der Waals surface area contributed by atoms with E-state index in [-0.39, 0.29) is 5.82 Å². The molecular formula is C16H19FN2O. The summed E-state index contributed by atoms with van der Waals surface area (Å²) in [7, 11) is 0. The average molecular weight is 274 g/mol. The summed E-state index contributed by atoms with van der Waals surface area (Å²) >= 11 is 0. The van der Waals surface area contributed by atoms with E-state index >= 15 is 0 Å². The van der Waals surface area contributed by atoms with Gasteiger partial charge in [-0.3, -0.25) is 4.98 Å². The van der Waals surface area contributed by atoms with Crippen LogP contribution in [0.2, 0.25) is 0 Å². The van der Waals surface area contributed by atoms with E-state index in [4.69, 9.17) is 0 Å². The van der Waals surface area contributed by atoms with Crippen molar-refractivity contribution < 1.29 is 9.50 Å². The molecule has 2 rings (SSSR count). The Kier molecular flexibility index (Phi) is 4.69. The second-order valence-corrected chi connectivity index (χ2v) is 4.72. The normalized spacial score (nSPS) is 12.2. The standard InChI is InChI=1S/C16H19FN2O/c1-3-19(11-14-6-4-5-9-18-14)16-8-7-13(12(2)20)10-15(16)17/h4-10,12,20H,3,11H2,1-2H3/t12-/m1/s1. The zero-order chi connectivity index (χ0) is 14.5. The van der Waals surface area contributed by atoms with Crippen molar-refractivity contribution in [3.8, 4) is 0 Å². The first kappa shape index (κ1) is 14.5. The number of aliphatic hydroxyl groups is 1. The summed E-state index contributed by atoms with van der Waals surface area (Å²) in [6, 6.07) is 10.6. The number of hydrogen-bond donors (Lipinski definition) is 1. The highest BCUT2D eigenvalue weighted by molar-refractivity contribution is 5.49. The largest absolute Gasteiger partial charge is 0.389 e. The van der Waals surface area contributed by atoms with Crippen molar-refractivity contribution in [1.82, 2.24) is 4.98 Å². The zero-order valence-corrected chi connectivity index (χ0v) is 11.8. The van der Waals surface area contributed by atoms with Crippen LogP contribution < -0.4 is 4.90 Å². The second-order valence-electron chi connectivity index (χ2n) is 4.72. The summed E-state index contributed by atoms with van der Waals surface area (Å²) in [5.74, 6) is -0.318. The Morgan fingerprint density at radius 2 is 2.10 bits per heavy atom. The van der Waals surface area contributed by atoms with Crippen LogP contribution in [-0.2, 0) is 6.54 Å². The Balaban J connectivity index is 2.23. The molecule has 1 heterocycles. The lowest BCUT2D eigenvalue weighted by Crippen LogP contribution is -2.23. The molecule has 106 valence electrons. The van der Waals surface area contributed by atoms with Crippen LogP contribution in [0.15, 0.2) is 42.6 Å². The summed E-state index contributed by atoms with van der Waals surface area (Å²) < 4.78 is 14.2. The lowest BCUT2D eigenvalue weighted by atomic mass is 10.1. The molecule has 4 heteroatoms. The van der Waals surface area contributed by atoms with Crippen LogP contribution in [0, 0.1) is 5.82 Å². The van der Waals surface area contributed by atoms with Gasteiger partial charge in [0.15, 0.2) is 0 Å². The van der Waals surface area contributed by atoms with E-state index in [1.54, 1.807) is 25.3 Å². The highest BCUT2D eigenvalue weighted by atomic mass is 19.1. The molecule has 1 aromatic heterocycles. The summed E-state index contributed by atoms with van der Waals surface area (Å²) in [5.41, 5.74) is 2.01. The van der Waals surface area contributed by atoms with Crippen molar-refractivity contribution in [2.24, 2.45) is 0 Å². The molecule has 0 fully saturated rings. The molecule has 0 bridgehead atoms. The Morgan fingerprint density at radius 1 is 1.30 bits per heavy atom. The highest BCUT2D eigenvalue weighted by Crippen LogP contribution is 2.24. The minimum Gasteiger partial charge on any atom is -0.389 e. The number of aliphatic hydroxyl groups excluding tert-OH is 1. The Hall–Kier alpha value is -1.94.